The molecule has 29 heavy (non-hydrogen) atoms. The Morgan fingerprint density at radius 2 is 1.69 bits per heavy atom. The molecular weight excluding hydrogens is 390 g/mol. The highest BCUT2D eigenvalue weighted by Gasteiger charge is 2.20. The van der Waals surface area contributed by atoms with Crippen molar-refractivity contribution in [3.63, 3.8) is 0 Å². The van der Waals surface area contributed by atoms with E-state index in [1.165, 1.54) is 17.7 Å². The first-order chi connectivity index (χ1) is 13.8. The second-order valence-corrected chi connectivity index (χ2v) is 9.24. The number of sulfone groups is 1. The number of hydrogen-bond donors (Lipinski definition) is 2. The standard InChI is InChI=1S/C21H25N3O4S/c1-16-8-10-18(11-9-16)29(27,28)14-12-20(25)22-23-21(26)15-24-13-4-6-17-5-2-3-7-19(17)24/h2-3,5,7-11H,4,6,12-15H2,1H3,(H,22,25)(H,23,26). The van der Waals surface area contributed by atoms with Crippen LogP contribution in [0.5, 0.6) is 0 Å². The molecule has 7 nitrogen and oxygen atoms in total. The van der Waals surface area contributed by atoms with E-state index in [0.29, 0.717) is 0 Å². The van der Waals surface area contributed by atoms with Gasteiger partial charge in [-0.05, 0) is 43.5 Å². The third-order valence-corrected chi connectivity index (χ3v) is 6.59. The molecule has 2 aromatic rings. The van der Waals surface area contributed by atoms with Crippen molar-refractivity contribution in [1.82, 2.24) is 10.9 Å². The Morgan fingerprint density at radius 1 is 1.00 bits per heavy atom. The minimum absolute atomic E-state index is 0.124. The van der Waals surface area contributed by atoms with Crippen molar-refractivity contribution < 1.29 is 18.0 Å². The van der Waals surface area contributed by atoms with Gasteiger partial charge >= 0.3 is 0 Å². The van der Waals surface area contributed by atoms with Crippen molar-refractivity contribution in [3.05, 3.63) is 59.7 Å². The molecule has 0 aromatic heterocycles. The van der Waals surface area contributed by atoms with Crippen molar-refractivity contribution in [1.29, 1.82) is 0 Å². The zero-order chi connectivity index (χ0) is 20.9. The van der Waals surface area contributed by atoms with Crippen molar-refractivity contribution >= 4 is 27.3 Å². The SMILES string of the molecule is Cc1ccc(S(=O)(=O)CCC(=O)NNC(=O)CN2CCCc3ccccc32)cc1. The van der Waals surface area contributed by atoms with Crippen molar-refractivity contribution in [2.24, 2.45) is 0 Å². The number of amides is 2. The van der Waals surface area contributed by atoms with E-state index in [1.54, 1.807) is 12.1 Å². The summed E-state index contributed by atoms with van der Waals surface area (Å²) in [5.41, 5.74) is 7.86. The maximum Gasteiger partial charge on any atom is 0.257 e. The van der Waals surface area contributed by atoms with Crippen LogP contribution in [-0.2, 0) is 25.8 Å². The third kappa shape index (κ3) is 5.57. The Morgan fingerprint density at radius 3 is 2.45 bits per heavy atom. The number of aryl methyl sites for hydroxylation is 2. The minimum atomic E-state index is -3.55. The number of carbonyl (C=O) groups excluding carboxylic acids is 2. The van der Waals surface area contributed by atoms with Gasteiger partial charge in [0.25, 0.3) is 5.91 Å². The van der Waals surface area contributed by atoms with Crippen LogP contribution in [0.1, 0.15) is 24.0 Å². The number of benzene rings is 2. The van der Waals surface area contributed by atoms with Gasteiger partial charge in [0.15, 0.2) is 9.84 Å². The molecule has 0 radical (unpaired) electrons. The molecule has 0 aliphatic carbocycles. The van der Waals surface area contributed by atoms with Gasteiger partial charge in [-0.3, -0.25) is 20.4 Å². The number of anilines is 1. The Labute approximate surface area is 171 Å². The highest BCUT2D eigenvalue weighted by Crippen LogP contribution is 2.26. The van der Waals surface area contributed by atoms with Crippen LogP contribution in [0.4, 0.5) is 5.69 Å². The fourth-order valence-electron chi connectivity index (χ4n) is 3.28. The minimum Gasteiger partial charge on any atom is -0.362 e. The van der Waals surface area contributed by atoms with Gasteiger partial charge in [-0.2, -0.15) is 0 Å². The zero-order valence-corrected chi connectivity index (χ0v) is 17.2. The van der Waals surface area contributed by atoms with E-state index in [2.05, 4.69) is 16.9 Å². The van der Waals surface area contributed by atoms with Crippen LogP contribution in [0.25, 0.3) is 0 Å². The van der Waals surface area contributed by atoms with Crippen LogP contribution in [0.2, 0.25) is 0 Å². The average molecular weight is 416 g/mol. The molecule has 154 valence electrons. The summed E-state index contributed by atoms with van der Waals surface area (Å²) in [6.07, 6.45) is 1.72. The van der Waals surface area contributed by atoms with E-state index in [-0.39, 0.29) is 29.5 Å². The summed E-state index contributed by atoms with van der Waals surface area (Å²) >= 11 is 0. The molecule has 1 heterocycles. The predicted octanol–water partition coefficient (Wildman–Crippen LogP) is 1.76. The monoisotopic (exact) mass is 415 g/mol. The third-order valence-electron chi connectivity index (χ3n) is 4.86. The van der Waals surface area contributed by atoms with Crippen LogP contribution in [0.15, 0.2) is 53.4 Å². The Hall–Kier alpha value is -2.87. The van der Waals surface area contributed by atoms with Crippen molar-refractivity contribution in [2.75, 3.05) is 23.7 Å². The number of hydrogen-bond acceptors (Lipinski definition) is 5. The molecule has 1 aliphatic rings. The first-order valence-electron chi connectivity index (χ1n) is 9.55. The second-order valence-electron chi connectivity index (χ2n) is 7.13. The van der Waals surface area contributed by atoms with E-state index < -0.39 is 15.7 Å². The first-order valence-corrected chi connectivity index (χ1v) is 11.2. The lowest BCUT2D eigenvalue weighted by molar-refractivity contribution is -0.128. The summed E-state index contributed by atoms with van der Waals surface area (Å²) in [5.74, 6) is -1.22. The molecule has 0 unspecified atom stereocenters. The summed E-state index contributed by atoms with van der Waals surface area (Å²) in [4.78, 5) is 26.3. The molecule has 0 atom stereocenters. The van der Waals surface area contributed by atoms with Gasteiger partial charge in [0.05, 0.1) is 17.2 Å². The second kappa shape index (κ2) is 9.09. The zero-order valence-electron chi connectivity index (χ0n) is 16.3. The van der Waals surface area contributed by atoms with Gasteiger partial charge in [-0.15, -0.1) is 0 Å². The lowest BCUT2D eigenvalue weighted by Gasteiger charge is -2.30. The molecule has 0 spiro atoms. The fraction of sp³-hybridized carbons (Fsp3) is 0.333. The van der Waals surface area contributed by atoms with E-state index in [4.69, 9.17) is 0 Å². The van der Waals surface area contributed by atoms with Gasteiger partial charge < -0.3 is 4.90 Å². The van der Waals surface area contributed by atoms with E-state index >= 15 is 0 Å². The molecule has 3 rings (SSSR count). The molecule has 1 aliphatic heterocycles. The average Bonchev–Trinajstić information content (AvgIpc) is 2.71. The van der Waals surface area contributed by atoms with Crippen LogP contribution in [0.3, 0.4) is 0 Å². The molecule has 8 heteroatoms. The molecular formula is C21H25N3O4S. The van der Waals surface area contributed by atoms with Gasteiger partial charge in [0.1, 0.15) is 0 Å². The van der Waals surface area contributed by atoms with Gasteiger partial charge in [-0.1, -0.05) is 35.9 Å². The van der Waals surface area contributed by atoms with Crippen LogP contribution < -0.4 is 15.8 Å². The molecule has 0 saturated carbocycles. The topological polar surface area (TPSA) is 95.6 Å². The lowest BCUT2D eigenvalue weighted by Crippen LogP contribution is -2.47. The number of nitrogens with one attached hydrogen (secondary N) is 2. The van der Waals surface area contributed by atoms with Gasteiger partial charge in [0.2, 0.25) is 5.91 Å². The largest absolute Gasteiger partial charge is 0.362 e. The quantitative estimate of drug-likeness (QED) is 0.701. The summed E-state index contributed by atoms with van der Waals surface area (Å²) in [6, 6.07) is 14.4. The highest BCUT2D eigenvalue weighted by molar-refractivity contribution is 7.91. The van der Waals surface area contributed by atoms with Crippen molar-refractivity contribution in [3.8, 4) is 0 Å². The van der Waals surface area contributed by atoms with Gasteiger partial charge in [0, 0.05) is 18.7 Å². The normalized spacial score (nSPS) is 13.5. The highest BCUT2D eigenvalue weighted by atomic mass is 32.2. The Bertz CT molecular complexity index is 987. The smallest absolute Gasteiger partial charge is 0.257 e. The first kappa shape index (κ1) is 20.9. The number of para-hydroxylation sites is 1. The predicted molar refractivity (Wildman–Crippen MR) is 111 cm³/mol. The maximum absolute atomic E-state index is 12.3. The summed E-state index contributed by atoms with van der Waals surface area (Å²) < 4.78 is 24.6. The number of carbonyl (C=O) groups is 2. The maximum atomic E-state index is 12.3. The van der Waals surface area contributed by atoms with E-state index in [9.17, 15) is 18.0 Å². The van der Waals surface area contributed by atoms with Crippen molar-refractivity contribution in [2.45, 2.75) is 31.1 Å². The number of fused-ring (bicyclic) bond motifs is 1. The number of hydrazine groups is 1. The van der Waals surface area contributed by atoms with E-state index in [0.717, 1.165) is 30.6 Å². The number of nitrogens with zero attached hydrogens (tertiary/aromatic N) is 1. The Kier molecular flexibility index (Phi) is 6.53. The molecule has 2 aromatic carbocycles. The lowest BCUT2D eigenvalue weighted by atomic mass is 10.0. The summed E-state index contributed by atoms with van der Waals surface area (Å²) in [6.45, 7) is 2.77. The van der Waals surface area contributed by atoms with Crippen LogP contribution in [0, 0.1) is 6.92 Å². The summed E-state index contributed by atoms with van der Waals surface area (Å²) in [5, 5.41) is 0. The van der Waals surface area contributed by atoms with Crippen LogP contribution >= 0.6 is 0 Å². The molecule has 0 fully saturated rings. The Balaban J connectivity index is 1.46. The van der Waals surface area contributed by atoms with Gasteiger partial charge in [-0.25, -0.2) is 8.42 Å². The number of rotatable bonds is 6. The van der Waals surface area contributed by atoms with Crippen LogP contribution in [-0.4, -0.2) is 39.1 Å². The molecule has 2 N–H and O–H groups in total. The molecule has 2 amide bonds. The fourth-order valence-corrected chi connectivity index (χ4v) is 4.52. The van der Waals surface area contributed by atoms with E-state index in [1.807, 2.05) is 30.0 Å². The summed E-state index contributed by atoms with van der Waals surface area (Å²) in [7, 11) is -3.55. The molecule has 0 bridgehead atoms. The molecule has 0 saturated heterocycles.